The first-order valence-corrected chi connectivity index (χ1v) is 7.76. The number of ether oxygens (including phenoxy) is 2. The molecule has 1 saturated heterocycles. The summed E-state index contributed by atoms with van der Waals surface area (Å²) in [5.74, 6) is 1.99. The van der Waals surface area contributed by atoms with Gasteiger partial charge in [0.05, 0.1) is 20.3 Å². The molecule has 0 spiro atoms. The monoisotopic (exact) mass is 325 g/mol. The second kappa shape index (κ2) is 7.62. The summed E-state index contributed by atoms with van der Waals surface area (Å²) in [5.41, 5.74) is 1.51. The summed E-state index contributed by atoms with van der Waals surface area (Å²) in [6, 6.07) is 9.99. The highest BCUT2D eigenvalue weighted by Crippen LogP contribution is 2.24. The standard InChI is InChI=1S/C17H19N5O2/c1-23-14-4-2-3-13(9-14)11-19-16-15(10-18)17(21-12-20-16)22-5-7-24-8-6-22/h2-4,9,12H,5-8,11H2,1H3,(H,19,20,21). The third-order valence-corrected chi connectivity index (χ3v) is 3.84. The van der Waals surface area contributed by atoms with Crippen LogP contribution in [0.4, 0.5) is 11.6 Å². The van der Waals surface area contributed by atoms with Gasteiger partial charge in [0, 0.05) is 19.6 Å². The zero-order chi connectivity index (χ0) is 16.8. The van der Waals surface area contributed by atoms with E-state index in [0.29, 0.717) is 37.0 Å². The van der Waals surface area contributed by atoms with Gasteiger partial charge in [0.25, 0.3) is 0 Å². The van der Waals surface area contributed by atoms with E-state index in [4.69, 9.17) is 9.47 Å². The van der Waals surface area contributed by atoms with Gasteiger partial charge in [-0.25, -0.2) is 9.97 Å². The van der Waals surface area contributed by atoms with Crippen LogP contribution < -0.4 is 15.0 Å². The van der Waals surface area contributed by atoms with Crippen LogP contribution in [0.2, 0.25) is 0 Å². The third-order valence-electron chi connectivity index (χ3n) is 3.84. The molecule has 0 bridgehead atoms. The molecule has 0 atom stereocenters. The minimum atomic E-state index is 0.460. The minimum Gasteiger partial charge on any atom is -0.497 e. The van der Waals surface area contributed by atoms with Crippen molar-refractivity contribution >= 4 is 11.6 Å². The van der Waals surface area contributed by atoms with Gasteiger partial charge in [-0.15, -0.1) is 0 Å². The van der Waals surface area contributed by atoms with E-state index in [9.17, 15) is 5.26 Å². The van der Waals surface area contributed by atoms with Gasteiger partial charge in [-0.05, 0) is 17.7 Å². The average molecular weight is 325 g/mol. The van der Waals surface area contributed by atoms with E-state index >= 15 is 0 Å². The Morgan fingerprint density at radius 2 is 2.17 bits per heavy atom. The Bertz CT molecular complexity index is 738. The fourth-order valence-electron chi connectivity index (χ4n) is 2.60. The first-order valence-electron chi connectivity index (χ1n) is 7.76. The van der Waals surface area contributed by atoms with Crippen molar-refractivity contribution in [2.45, 2.75) is 6.54 Å². The quantitative estimate of drug-likeness (QED) is 0.897. The Morgan fingerprint density at radius 3 is 2.92 bits per heavy atom. The number of morpholine rings is 1. The van der Waals surface area contributed by atoms with Crippen LogP contribution in [0.3, 0.4) is 0 Å². The van der Waals surface area contributed by atoms with Crippen LogP contribution in [0.15, 0.2) is 30.6 Å². The van der Waals surface area contributed by atoms with E-state index < -0.39 is 0 Å². The molecule has 0 aliphatic carbocycles. The van der Waals surface area contributed by atoms with Gasteiger partial charge in [0.1, 0.15) is 29.5 Å². The zero-order valence-corrected chi connectivity index (χ0v) is 13.5. The second-order valence-electron chi connectivity index (χ2n) is 5.34. The maximum Gasteiger partial charge on any atom is 0.152 e. The molecular weight excluding hydrogens is 306 g/mol. The van der Waals surface area contributed by atoms with Gasteiger partial charge in [-0.3, -0.25) is 0 Å². The Kier molecular flexibility index (Phi) is 5.08. The number of anilines is 2. The van der Waals surface area contributed by atoms with Crippen molar-refractivity contribution in [2.24, 2.45) is 0 Å². The number of aromatic nitrogens is 2. The summed E-state index contributed by atoms with van der Waals surface area (Å²) in [4.78, 5) is 10.6. The summed E-state index contributed by atoms with van der Waals surface area (Å²) in [5, 5.41) is 12.8. The van der Waals surface area contributed by atoms with Gasteiger partial charge >= 0.3 is 0 Å². The normalized spacial score (nSPS) is 14.1. The van der Waals surface area contributed by atoms with Crippen LogP contribution in [0.5, 0.6) is 5.75 Å². The van der Waals surface area contributed by atoms with Crippen molar-refractivity contribution in [3.63, 3.8) is 0 Å². The highest BCUT2D eigenvalue weighted by molar-refractivity contribution is 5.65. The molecule has 1 N–H and O–H groups in total. The van der Waals surface area contributed by atoms with Crippen molar-refractivity contribution in [1.82, 2.24) is 9.97 Å². The molecule has 7 heteroatoms. The molecule has 2 aromatic rings. The number of nitriles is 1. The highest BCUT2D eigenvalue weighted by atomic mass is 16.5. The maximum absolute atomic E-state index is 9.56. The Hall–Kier alpha value is -2.85. The summed E-state index contributed by atoms with van der Waals surface area (Å²) in [6.07, 6.45) is 1.49. The molecular formula is C17H19N5O2. The third kappa shape index (κ3) is 3.55. The summed E-state index contributed by atoms with van der Waals surface area (Å²) in [7, 11) is 1.64. The first kappa shape index (κ1) is 16.0. The lowest BCUT2D eigenvalue weighted by Gasteiger charge is -2.28. The molecule has 0 saturated carbocycles. The molecule has 1 fully saturated rings. The van der Waals surface area contributed by atoms with E-state index in [2.05, 4.69) is 26.3 Å². The molecule has 24 heavy (non-hydrogen) atoms. The molecule has 124 valence electrons. The van der Waals surface area contributed by atoms with Crippen LogP contribution in [0.25, 0.3) is 0 Å². The largest absolute Gasteiger partial charge is 0.497 e. The van der Waals surface area contributed by atoms with Crippen LogP contribution in [-0.4, -0.2) is 43.4 Å². The fraction of sp³-hybridized carbons (Fsp3) is 0.353. The Labute approximate surface area is 140 Å². The number of hydrogen-bond acceptors (Lipinski definition) is 7. The maximum atomic E-state index is 9.56. The number of rotatable bonds is 5. The highest BCUT2D eigenvalue weighted by Gasteiger charge is 2.19. The number of hydrogen-bond donors (Lipinski definition) is 1. The van der Waals surface area contributed by atoms with Crippen LogP contribution in [0.1, 0.15) is 11.1 Å². The first-order chi connectivity index (χ1) is 11.8. The fourth-order valence-corrected chi connectivity index (χ4v) is 2.60. The SMILES string of the molecule is COc1cccc(CNc2ncnc(N3CCOCC3)c2C#N)c1. The van der Waals surface area contributed by atoms with Crippen molar-refractivity contribution in [1.29, 1.82) is 5.26 Å². The van der Waals surface area contributed by atoms with Gasteiger partial charge in [0.2, 0.25) is 0 Å². The van der Waals surface area contributed by atoms with Crippen molar-refractivity contribution in [2.75, 3.05) is 43.6 Å². The lowest BCUT2D eigenvalue weighted by Crippen LogP contribution is -2.37. The zero-order valence-electron chi connectivity index (χ0n) is 13.5. The second-order valence-corrected chi connectivity index (χ2v) is 5.34. The van der Waals surface area contributed by atoms with Gasteiger partial charge in [-0.1, -0.05) is 12.1 Å². The minimum absolute atomic E-state index is 0.460. The van der Waals surface area contributed by atoms with Crippen molar-refractivity contribution in [3.05, 3.63) is 41.7 Å². The molecule has 1 aliphatic rings. The van der Waals surface area contributed by atoms with E-state index in [0.717, 1.165) is 24.4 Å². The van der Waals surface area contributed by atoms with E-state index in [-0.39, 0.29) is 0 Å². The van der Waals surface area contributed by atoms with Crippen molar-refractivity contribution < 1.29 is 9.47 Å². The molecule has 1 aromatic carbocycles. The lowest BCUT2D eigenvalue weighted by molar-refractivity contribution is 0.122. The van der Waals surface area contributed by atoms with Crippen LogP contribution in [0, 0.1) is 11.3 Å². The molecule has 7 nitrogen and oxygen atoms in total. The van der Waals surface area contributed by atoms with E-state index in [1.165, 1.54) is 6.33 Å². The van der Waals surface area contributed by atoms with Crippen LogP contribution >= 0.6 is 0 Å². The lowest BCUT2D eigenvalue weighted by atomic mass is 10.2. The van der Waals surface area contributed by atoms with Gasteiger partial charge < -0.3 is 19.7 Å². The number of nitrogens with one attached hydrogen (secondary N) is 1. The molecule has 1 aliphatic heterocycles. The molecule has 0 radical (unpaired) electrons. The smallest absolute Gasteiger partial charge is 0.152 e. The van der Waals surface area contributed by atoms with Crippen LogP contribution in [-0.2, 0) is 11.3 Å². The number of benzene rings is 1. The summed E-state index contributed by atoms with van der Waals surface area (Å²) in [6.45, 7) is 3.27. The molecule has 0 amide bonds. The molecule has 3 rings (SSSR count). The Morgan fingerprint density at radius 1 is 1.33 bits per heavy atom. The molecule has 0 unspecified atom stereocenters. The topological polar surface area (TPSA) is 83.3 Å². The average Bonchev–Trinajstić information content (AvgIpc) is 2.66. The van der Waals surface area contributed by atoms with Gasteiger partial charge in [-0.2, -0.15) is 5.26 Å². The van der Waals surface area contributed by atoms with E-state index in [1.54, 1.807) is 7.11 Å². The molecule has 1 aromatic heterocycles. The van der Waals surface area contributed by atoms with E-state index in [1.807, 2.05) is 24.3 Å². The number of methoxy groups -OCH3 is 1. The predicted octanol–water partition coefficient (Wildman–Crippen LogP) is 1.81. The Balaban J connectivity index is 1.79. The molecule has 2 heterocycles. The summed E-state index contributed by atoms with van der Waals surface area (Å²) >= 11 is 0. The predicted molar refractivity (Wildman–Crippen MR) is 90.1 cm³/mol. The van der Waals surface area contributed by atoms with Gasteiger partial charge in [0.15, 0.2) is 5.82 Å². The summed E-state index contributed by atoms with van der Waals surface area (Å²) < 4.78 is 10.6. The number of nitrogens with zero attached hydrogens (tertiary/aromatic N) is 4. The van der Waals surface area contributed by atoms with Crippen molar-refractivity contribution in [3.8, 4) is 11.8 Å².